The molecule has 8 nitrogen and oxygen atoms in total. The van der Waals surface area contributed by atoms with Gasteiger partial charge in [-0.25, -0.2) is 0 Å². The molecule has 0 atom stereocenters. The van der Waals surface area contributed by atoms with Gasteiger partial charge in [-0.15, -0.1) is 0 Å². The lowest BCUT2D eigenvalue weighted by molar-refractivity contribution is -0.125. The van der Waals surface area contributed by atoms with E-state index in [0.29, 0.717) is 33.4 Å². The van der Waals surface area contributed by atoms with Crippen LogP contribution in [-0.2, 0) is 9.59 Å². The Bertz CT molecular complexity index is 1120. The zero-order valence-electron chi connectivity index (χ0n) is 20.3. The van der Waals surface area contributed by atoms with Crippen molar-refractivity contribution in [3.8, 4) is 0 Å². The first-order valence-corrected chi connectivity index (χ1v) is 11.5. The molecule has 2 rings (SSSR count). The van der Waals surface area contributed by atoms with Crippen LogP contribution in [0.25, 0.3) is 11.4 Å². The molecular weight excluding hydrogens is 464 g/mol. The predicted octanol–water partition coefficient (Wildman–Crippen LogP) is 4.00. The van der Waals surface area contributed by atoms with Crippen LogP contribution >= 0.6 is 11.6 Å². The summed E-state index contributed by atoms with van der Waals surface area (Å²) >= 11 is 6.44. The number of hydrogen-bond acceptors (Lipinski definition) is 6. The van der Waals surface area contributed by atoms with E-state index in [1.54, 1.807) is 55.5 Å². The fourth-order valence-electron chi connectivity index (χ4n) is 3.30. The van der Waals surface area contributed by atoms with Crippen LogP contribution in [0.3, 0.4) is 0 Å². The summed E-state index contributed by atoms with van der Waals surface area (Å²) in [5, 5.41) is 3.40. The number of nitrogen functional groups attached to an aromatic ring is 1. The smallest absolute Gasteiger partial charge is 0.273 e. The van der Waals surface area contributed by atoms with Gasteiger partial charge in [-0.1, -0.05) is 49.0 Å². The quantitative estimate of drug-likeness (QED) is 0.182. The lowest BCUT2D eigenvalue weighted by Gasteiger charge is -2.28. The lowest BCUT2D eigenvalue weighted by Crippen LogP contribution is -2.40. The van der Waals surface area contributed by atoms with Gasteiger partial charge in [-0.05, 0) is 50.6 Å². The number of carbonyl (C=O) groups is 2. The van der Waals surface area contributed by atoms with Crippen molar-refractivity contribution < 1.29 is 9.59 Å². The summed E-state index contributed by atoms with van der Waals surface area (Å²) in [6, 6.07) is 14.2. The number of halogens is 1. The standard InChI is InChI=1S/C26H33ClN6O2/c1-16(2)30-19(5)26(35)33(25(17(3)27)21-7-6-8-22(29)15-21)14-13-24(34)32-31-23-11-9-20(10-12-23)18(4)28/h6-12,15-16,30-31H,4-5,13-14,28-29H2,1-3H3,(H,32,34)/b25-17+. The van der Waals surface area contributed by atoms with Gasteiger partial charge in [0, 0.05) is 41.0 Å². The minimum Gasteiger partial charge on any atom is -0.399 e. The number of hydrazine groups is 1. The zero-order chi connectivity index (χ0) is 26.1. The van der Waals surface area contributed by atoms with Crippen molar-refractivity contribution in [2.45, 2.75) is 33.2 Å². The maximum Gasteiger partial charge on any atom is 0.273 e. The summed E-state index contributed by atoms with van der Waals surface area (Å²) in [4.78, 5) is 27.4. The maximum atomic E-state index is 13.3. The fourth-order valence-corrected chi connectivity index (χ4v) is 3.51. The van der Waals surface area contributed by atoms with Crippen LogP contribution in [0.5, 0.6) is 0 Å². The van der Waals surface area contributed by atoms with Gasteiger partial charge in [-0.3, -0.25) is 20.4 Å². The van der Waals surface area contributed by atoms with Crippen molar-refractivity contribution in [1.82, 2.24) is 15.6 Å². The van der Waals surface area contributed by atoms with Gasteiger partial charge in [0.15, 0.2) is 0 Å². The molecule has 0 aliphatic carbocycles. The number of rotatable bonds is 11. The average molecular weight is 497 g/mol. The topological polar surface area (TPSA) is 126 Å². The Morgan fingerprint density at radius 1 is 1.09 bits per heavy atom. The highest BCUT2D eigenvalue weighted by Crippen LogP contribution is 2.28. The fraction of sp³-hybridized carbons (Fsp3) is 0.231. The number of hydrogen-bond donors (Lipinski definition) is 5. The van der Waals surface area contributed by atoms with Gasteiger partial charge in [0.05, 0.1) is 17.1 Å². The summed E-state index contributed by atoms with van der Waals surface area (Å²) in [6.45, 7) is 13.1. The molecule has 2 aromatic rings. The molecule has 0 spiro atoms. The van der Waals surface area contributed by atoms with Gasteiger partial charge in [0.25, 0.3) is 5.91 Å². The van der Waals surface area contributed by atoms with Crippen LogP contribution < -0.4 is 27.6 Å². The average Bonchev–Trinajstić information content (AvgIpc) is 2.79. The van der Waals surface area contributed by atoms with E-state index >= 15 is 0 Å². The zero-order valence-corrected chi connectivity index (χ0v) is 21.1. The van der Waals surface area contributed by atoms with Crippen molar-refractivity contribution >= 4 is 46.2 Å². The van der Waals surface area contributed by atoms with E-state index in [4.69, 9.17) is 23.1 Å². The summed E-state index contributed by atoms with van der Waals surface area (Å²) in [5.41, 5.74) is 20.9. The molecule has 35 heavy (non-hydrogen) atoms. The number of anilines is 2. The maximum absolute atomic E-state index is 13.3. The summed E-state index contributed by atoms with van der Waals surface area (Å²) in [5.74, 6) is -0.717. The second-order valence-electron chi connectivity index (χ2n) is 8.27. The normalized spacial score (nSPS) is 11.3. The number of carbonyl (C=O) groups excluding carboxylic acids is 2. The van der Waals surface area contributed by atoms with Crippen LogP contribution in [-0.4, -0.2) is 29.3 Å². The third-order valence-corrected chi connectivity index (χ3v) is 5.07. The molecule has 0 aliphatic heterocycles. The molecule has 0 bridgehead atoms. The van der Waals surface area contributed by atoms with Gasteiger partial charge in [0.2, 0.25) is 5.91 Å². The Kier molecular flexibility index (Phi) is 9.78. The predicted molar refractivity (Wildman–Crippen MR) is 144 cm³/mol. The summed E-state index contributed by atoms with van der Waals surface area (Å²) in [7, 11) is 0. The second kappa shape index (κ2) is 12.5. The molecule has 0 heterocycles. The molecule has 0 aromatic heterocycles. The van der Waals surface area contributed by atoms with Crippen LogP contribution in [0.2, 0.25) is 0 Å². The van der Waals surface area contributed by atoms with Crippen molar-refractivity contribution in [3.05, 3.63) is 83.5 Å². The molecule has 7 N–H and O–H groups in total. The van der Waals surface area contributed by atoms with Gasteiger partial charge in [-0.2, -0.15) is 0 Å². The van der Waals surface area contributed by atoms with E-state index in [1.165, 1.54) is 4.90 Å². The molecule has 2 amide bonds. The molecule has 0 saturated carbocycles. The Balaban J connectivity index is 2.19. The monoisotopic (exact) mass is 496 g/mol. The Labute approximate surface area is 211 Å². The first-order valence-electron chi connectivity index (χ1n) is 11.1. The number of nitrogens with zero attached hydrogens (tertiary/aromatic N) is 1. The molecule has 0 unspecified atom stereocenters. The highest BCUT2D eigenvalue weighted by molar-refractivity contribution is 6.32. The lowest BCUT2D eigenvalue weighted by atomic mass is 10.1. The Morgan fingerprint density at radius 2 is 1.74 bits per heavy atom. The van der Waals surface area contributed by atoms with Gasteiger partial charge < -0.3 is 21.7 Å². The first kappa shape index (κ1) is 27.3. The molecule has 0 fully saturated rings. The highest BCUT2D eigenvalue weighted by atomic mass is 35.5. The molecule has 2 aromatic carbocycles. The second-order valence-corrected chi connectivity index (χ2v) is 8.83. The van der Waals surface area contributed by atoms with Crippen LogP contribution in [0.1, 0.15) is 38.3 Å². The van der Waals surface area contributed by atoms with Crippen LogP contribution in [0, 0.1) is 0 Å². The minimum absolute atomic E-state index is 0.000485. The Morgan fingerprint density at radius 3 is 2.29 bits per heavy atom. The van der Waals surface area contributed by atoms with Crippen molar-refractivity contribution in [1.29, 1.82) is 0 Å². The number of nitrogens with one attached hydrogen (secondary N) is 3. The van der Waals surface area contributed by atoms with E-state index < -0.39 is 5.91 Å². The molecule has 9 heteroatoms. The van der Waals surface area contributed by atoms with E-state index in [-0.39, 0.29) is 30.6 Å². The highest BCUT2D eigenvalue weighted by Gasteiger charge is 2.25. The molecular formula is C26H33ClN6O2. The Hall–Kier alpha value is -3.91. The summed E-state index contributed by atoms with van der Waals surface area (Å²) in [6.07, 6.45) is 0.00136. The number of nitrogens with two attached hydrogens (primary N) is 2. The van der Waals surface area contributed by atoms with E-state index in [0.717, 1.165) is 5.56 Å². The molecule has 0 radical (unpaired) electrons. The van der Waals surface area contributed by atoms with Crippen LogP contribution in [0.4, 0.5) is 11.4 Å². The largest absolute Gasteiger partial charge is 0.399 e. The van der Waals surface area contributed by atoms with E-state index in [1.807, 2.05) is 13.8 Å². The van der Waals surface area contributed by atoms with Crippen molar-refractivity contribution in [2.75, 3.05) is 17.7 Å². The van der Waals surface area contributed by atoms with Crippen LogP contribution in [0.15, 0.2) is 72.4 Å². The van der Waals surface area contributed by atoms with Gasteiger partial charge in [0.1, 0.15) is 0 Å². The van der Waals surface area contributed by atoms with Crippen molar-refractivity contribution in [3.63, 3.8) is 0 Å². The minimum atomic E-state index is -0.394. The third kappa shape index (κ3) is 8.12. The molecule has 0 saturated heterocycles. The SMILES string of the molecule is C=C(NC(C)C)C(=O)N(CCC(=O)NNc1ccc(C(=C)N)cc1)/C(=C(\C)Cl)c1cccc(N)c1. The molecule has 186 valence electrons. The number of amides is 2. The number of allylic oxidation sites excluding steroid dienone is 1. The van der Waals surface area contributed by atoms with E-state index in [9.17, 15) is 9.59 Å². The number of benzene rings is 2. The van der Waals surface area contributed by atoms with Crippen molar-refractivity contribution in [2.24, 2.45) is 5.73 Å². The van der Waals surface area contributed by atoms with E-state index in [2.05, 4.69) is 29.3 Å². The first-order chi connectivity index (χ1) is 16.5. The van der Waals surface area contributed by atoms with Gasteiger partial charge >= 0.3 is 0 Å². The molecule has 0 aliphatic rings. The third-order valence-electron chi connectivity index (χ3n) is 4.89. The summed E-state index contributed by atoms with van der Waals surface area (Å²) < 4.78 is 0.